The molecule has 0 aliphatic carbocycles. The van der Waals surface area contributed by atoms with Crippen molar-refractivity contribution in [1.29, 1.82) is 0 Å². The lowest BCUT2D eigenvalue weighted by Crippen LogP contribution is -2.50. The number of aryl methyl sites for hydroxylation is 2. The number of nitrogens with one attached hydrogen (secondary N) is 2. The summed E-state index contributed by atoms with van der Waals surface area (Å²) in [7, 11) is -3.58. The predicted molar refractivity (Wildman–Crippen MR) is 130 cm³/mol. The van der Waals surface area contributed by atoms with Crippen LogP contribution < -0.4 is 10.0 Å². The highest BCUT2D eigenvalue weighted by atomic mass is 32.2. The first-order valence-electron chi connectivity index (χ1n) is 11.3. The van der Waals surface area contributed by atoms with Crippen LogP contribution in [-0.2, 0) is 19.6 Å². The van der Waals surface area contributed by atoms with Crippen LogP contribution in [-0.4, -0.2) is 75.1 Å². The van der Waals surface area contributed by atoms with Crippen molar-refractivity contribution in [2.45, 2.75) is 25.2 Å². The summed E-state index contributed by atoms with van der Waals surface area (Å²) in [6.07, 6.45) is 0.195. The molecule has 0 radical (unpaired) electrons. The molecule has 1 fully saturated rings. The van der Waals surface area contributed by atoms with Gasteiger partial charge in [-0.05, 0) is 37.1 Å². The Morgan fingerprint density at radius 1 is 1.00 bits per heavy atom. The van der Waals surface area contributed by atoms with E-state index in [0.717, 1.165) is 16.8 Å². The van der Waals surface area contributed by atoms with Gasteiger partial charge in [0.2, 0.25) is 11.8 Å². The zero-order valence-corrected chi connectivity index (χ0v) is 20.2. The second-order valence-corrected chi connectivity index (χ2v) is 10.2. The predicted octanol–water partition coefficient (Wildman–Crippen LogP) is 1.51. The van der Waals surface area contributed by atoms with Gasteiger partial charge < -0.3 is 10.2 Å². The van der Waals surface area contributed by atoms with Crippen molar-refractivity contribution in [3.05, 3.63) is 59.2 Å². The topological polar surface area (TPSA) is 111 Å². The molecular formula is C24H29N5O4S. The summed E-state index contributed by atoms with van der Waals surface area (Å²) >= 11 is 0. The molecular weight excluding hydrogens is 454 g/mol. The van der Waals surface area contributed by atoms with Gasteiger partial charge in [0, 0.05) is 43.9 Å². The van der Waals surface area contributed by atoms with E-state index in [-0.39, 0.29) is 42.1 Å². The van der Waals surface area contributed by atoms with Gasteiger partial charge in [-0.1, -0.05) is 30.3 Å². The normalized spacial score (nSPS) is 18.4. The number of amides is 2. The zero-order valence-electron chi connectivity index (χ0n) is 19.4. The van der Waals surface area contributed by atoms with E-state index >= 15 is 0 Å². The molecule has 2 aliphatic rings. The van der Waals surface area contributed by atoms with Gasteiger partial charge in [-0.3, -0.25) is 24.2 Å². The van der Waals surface area contributed by atoms with Crippen LogP contribution in [0.4, 0.5) is 5.69 Å². The largest absolute Gasteiger partial charge is 0.340 e. The number of para-hydroxylation sites is 1. The summed E-state index contributed by atoms with van der Waals surface area (Å²) in [5.41, 5.74) is 3.44. The molecule has 1 saturated heterocycles. The molecule has 0 spiro atoms. The molecule has 2 heterocycles. The number of hydrogen-bond acceptors (Lipinski definition) is 6. The molecule has 0 atom stereocenters. The minimum absolute atomic E-state index is 0.0295. The lowest BCUT2D eigenvalue weighted by atomic mass is 10.1. The van der Waals surface area contributed by atoms with Gasteiger partial charge in [0.05, 0.1) is 18.0 Å². The fourth-order valence-corrected chi connectivity index (χ4v) is 5.47. The summed E-state index contributed by atoms with van der Waals surface area (Å²) in [6.45, 7) is 6.74. The second kappa shape index (κ2) is 9.94. The Bertz CT molecular complexity index is 1210. The molecule has 2 aromatic carbocycles. The van der Waals surface area contributed by atoms with Crippen LogP contribution in [0.25, 0.3) is 0 Å². The van der Waals surface area contributed by atoms with E-state index in [1.54, 1.807) is 23.1 Å². The zero-order chi connectivity index (χ0) is 24.3. The van der Waals surface area contributed by atoms with Crippen molar-refractivity contribution < 1.29 is 18.0 Å². The maximum absolute atomic E-state index is 12.6. The maximum atomic E-state index is 12.6. The Morgan fingerprint density at radius 3 is 2.38 bits per heavy atom. The Kier molecular flexibility index (Phi) is 6.99. The van der Waals surface area contributed by atoms with Crippen molar-refractivity contribution in [1.82, 2.24) is 14.5 Å². The number of sulfonamides is 1. The Balaban J connectivity index is 1.24. The van der Waals surface area contributed by atoms with Crippen LogP contribution in [0, 0.1) is 13.8 Å². The molecule has 0 bridgehead atoms. The standard InChI is InChI=1S/C24H29N5O4S/c1-17-6-5-7-18(2)23(17)26-21(30)16-28-12-14-29(15-13-28)22(31)10-11-25-24-19-8-3-4-9-20(19)34(32,33)27-24/h3-9H,10-16H2,1-2H3,(H,25,27)(H,26,30). The van der Waals surface area contributed by atoms with Crippen LogP contribution in [0.2, 0.25) is 0 Å². The number of piperazine rings is 1. The highest BCUT2D eigenvalue weighted by Crippen LogP contribution is 2.22. The number of anilines is 1. The molecule has 9 nitrogen and oxygen atoms in total. The molecule has 0 unspecified atom stereocenters. The lowest BCUT2D eigenvalue weighted by molar-refractivity contribution is -0.132. The summed E-state index contributed by atoms with van der Waals surface area (Å²) in [4.78, 5) is 33.4. The number of fused-ring (bicyclic) bond motifs is 1. The van der Waals surface area contributed by atoms with Crippen LogP contribution in [0.15, 0.2) is 52.4 Å². The molecule has 2 aliphatic heterocycles. The van der Waals surface area contributed by atoms with E-state index in [9.17, 15) is 18.0 Å². The Hall–Kier alpha value is -3.24. The Labute approximate surface area is 199 Å². The smallest absolute Gasteiger partial charge is 0.263 e. The maximum Gasteiger partial charge on any atom is 0.263 e. The quantitative estimate of drug-likeness (QED) is 0.647. The first-order chi connectivity index (χ1) is 16.2. The number of aliphatic imine (C=N–C) groups is 1. The van der Waals surface area contributed by atoms with Crippen LogP contribution in [0.5, 0.6) is 0 Å². The number of benzene rings is 2. The monoisotopic (exact) mass is 483 g/mol. The highest BCUT2D eigenvalue weighted by molar-refractivity contribution is 7.90. The van der Waals surface area contributed by atoms with Crippen molar-refractivity contribution in [2.75, 3.05) is 44.6 Å². The third kappa shape index (κ3) is 5.28. The van der Waals surface area contributed by atoms with E-state index in [2.05, 4.69) is 15.0 Å². The third-order valence-electron chi connectivity index (χ3n) is 6.10. The van der Waals surface area contributed by atoms with Gasteiger partial charge in [0.25, 0.3) is 10.0 Å². The fraction of sp³-hybridized carbons (Fsp3) is 0.375. The van der Waals surface area contributed by atoms with Gasteiger partial charge in [-0.25, -0.2) is 8.42 Å². The van der Waals surface area contributed by atoms with Crippen molar-refractivity contribution in [3.8, 4) is 0 Å². The van der Waals surface area contributed by atoms with Crippen LogP contribution in [0.1, 0.15) is 23.1 Å². The molecule has 2 aromatic rings. The van der Waals surface area contributed by atoms with Gasteiger partial charge in [0.1, 0.15) is 5.84 Å². The average Bonchev–Trinajstić information content (AvgIpc) is 3.07. The molecule has 34 heavy (non-hydrogen) atoms. The van der Waals surface area contributed by atoms with Gasteiger partial charge in [-0.2, -0.15) is 0 Å². The Morgan fingerprint density at radius 2 is 1.68 bits per heavy atom. The number of rotatable bonds is 6. The molecule has 10 heteroatoms. The minimum Gasteiger partial charge on any atom is -0.340 e. The average molecular weight is 484 g/mol. The fourth-order valence-electron chi connectivity index (χ4n) is 4.22. The number of carbonyl (C=O) groups is 2. The van der Waals surface area contributed by atoms with E-state index in [4.69, 9.17) is 0 Å². The molecule has 180 valence electrons. The number of carbonyl (C=O) groups excluding carboxylic acids is 2. The molecule has 0 saturated carbocycles. The molecule has 2 N–H and O–H groups in total. The second-order valence-electron chi connectivity index (χ2n) is 8.55. The number of hydrogen-bond donors (Lipinski definition) is 2. The van der Waals surface area contributed by atoms with Crippen molar-refractivity contribution >= 4 is 33.4 Å². The van der Waals surface area contributed by atoms with Crippen molar-refractivity contribution in [2.24, 2.45) is 4.99 Å². The van der Waals surface area contributed by atoms with E-state index in [1.807, 2.05) is 36.9 Å². The lowest BCUT2D eigenvalue weighted by Gasteiger charge is -2.34. The first-order valence-corrected chi connectivity index (χ1v) is 12.8. The van der Waals surface area contributed by atoms with E-state index in [1.165, 1.54) is 6.07 Å². The van der Waals surface area contributed by atoms with Crippen LogP contribution in [0.3, 0.4) is 0 Å². The van der Waals surface area contributed by atoms with Gasteiger partial charge >= 0.3 is 0 Å². The SMILES string of the molecule is Cc1cccc(C)c1NC(=O)CN1CCN(C(=O)CCN=C2NS(=O)(=O)c3ccccc32)CC1. The van der Waals surface area contributed by atoms with Crippen molar-refractivity contribution in [3.63, 3.8) is 0 Å². The van der Waals surface area contributed by atoms with Gasteiger partial charge in [0.15, 0.2) is 0 Å². The van der Waals surface area contributed by atoms with Gasteiger partial charge in [-0.15, -0.1) is 0 Å². The minimum atomic E-state index is -3.58. The summed E-state index contributed by atoms with van der Waals surface area (Å²) < 4.78 is 26.8. The first kappa shape index (κ1) is 23.9. The van der Waals surface area contributed by atoms with Crippen LogP contribution >= 0.6 is 0 Å². The van der Waals surface area contributed by atoms with E-state index in [0.29, 0.717) is 31.7 Å². The number of nitrogens with zero attached hydrogens (tertiary/aromatic N) is 3. The molecule has 0 aromatic heterocycles. The number of amidine groups is 1. The molecule has 4 rings (SSSR count). The highest BCUT2D eigenvalue weighted by Gasteiger charge is 2.30. The summed E-state index contributed by atoms with van der Waals surface area (Å²) in [5.74, 6) is 0.188. The molecule has 2 amide bonds. The summed E-state index contributed by atoms with van der Waals surface area (Å²) in [5, 5.41) is 3.00. The van der Waals surface area contributed by atoms with E-state index < -0.39 is 10.0 Å². The summed E-state index contributed by atoms with van der Waals surface area (Å²) in [6, 6.07) is 12.6. The third-order valence-corrected chi connectivity index (χ3v) is 7.49.